The van der Waals surface area contributed by atoms with Crippen LogP contribution in [-0.2, 0) is 14.3 Å². The second-order valence-electron chi connectivity index (χ2n) is 4.64. The average molecular weight is 270 g/mol. The molecule has 0 aliphatic carbocycles. The summed E-state index contributed by atoms with van der Waals surface area (Å²) in [5, 5.41) is 0. The fourth-order valence-electron chi connectivity index (χ4n) is 1.98. The topological polar surface area (TPSA) is 59.1 Å². The zero-order valence-corrected chi connectivity index (χ0v) is 11.6. The number of carbonyl (C=O) groups excluding carboxylic acids is 2. The van der Waals surface area contributed by atoms with E-state index in [-0.39, 0.29) is 24.5 Å². The summed E-state index contributed by atoms with van der Waals surface area (Å²) in [6, 6.07) is -0.00815. The molecule has 0 N–H and O–H groups in total. The Balaban J connectivity index is 2.27. The van der Waals surface area contributed by atoms with Gasteiger partial charge in [-0.2, -0.15) is 0 Å². The van der Waals surface area contributed by atoms with Crippen LogP contribution in [0.4, 0.5) is 4.79 Å². The number of rotatable bonds is 5. The molecule has 0 radical (unpaired) electrons. The number of hydrogen-bond acceptors (Lipinski definition) is 4. The number of carbonyl (C=O) groups is 2. The minimum Gasteiger partial charge on any atom is -0.498 e. The highest BCUT2D eigenvalue weighted by Gasteiger charge is 2.28. The molecule has 1 saturated heterocycles. The third-order valence-electron chi connectivity index (χ3n) is 3.04. The zero-order chi connectivity index (χ0) is 14.3. The maximum atomic E-state index is 11.8. The minimum absolute atomic E-state index is 0.00815. The lowest BCUT2D eigenvalue weighted by atomic mass is 9.97. The molecule has 0 aromatic rings. The second-order valence-corrected chi connectivity index (χ2v) is 4.64. The Morgan fingerprint density at radius 1 is 1.32 bits per heavy atom. The summed E-state index contributed by atoms with van der Waals surface area (Å²) in [6.45, 7) is 5.16. The molecular formula is C13H22N2O4. The highest BCUT2D eigenvalue weighted by molar-refractivity contribution is 5.75. The lowest BCUT2D eigenvalue weighted by Crippen LogP contribution is -2.45. The van der Waals surface area contributed by atoms with Crippen molar-refractivity contribution in [2.24, 2.45) is 5.92 Å². The maximum Gasteiger partial charge on any atom is 0.319 e. The predicted molar refractivity (Wildman–Crippen MR) is 70.5 cm³/mol. The normalized spacial score (nSPS) is 15.8. The van der Waals surface area contributed by atoms with Crippen LogP contribution in [0.15, 0.2) is 12.8 Å². The predicted octanol–water partition coefficient (Wildman–Crippen LogP) is 1.08. The smallest absolute Gasteiger partial charge is 0.319 e. The van der Waals surface area contributed by atoms with E-state index in [9.17, 15) is 9.59 Å². The van der Waals surface area contributed by atoms with Crippen molar-refractivity contribution in [2.75, 3.05) is 40.4 Å². The summed E-state index contributed by atoms with van der Waals surface area (Å²) in [5.74, 6) is -0.320. The Morgan fingerprint density at radius 3 is 2.47 bits per heavy atom. The number of amides is 2. The summed E-state index contributed by atoms with van der Waals surface area (Å²) < 4.78 is 9.98. The van der Waals surface area contributed by atoms with E-state index in [0.717, 1.165) is 0 Å². The lowest BCUT2D eigenvalue weighted by Gasteiger charge is -2.32. The quantitative estimate of drug-likeness (QED) is 0.426. The molecule has 1 rings (SSSR count). The molecule has 0 unspecified atom stereocenters. The molecule has 19 heavy (non-hydrogen) atoms. The van der Waals surface area contributed by atoms with Gasteiger partial charge in [-0.1, -0.05) is 6.58 Å². The molecule has 6 heteroatoms. The summed E-state index contributed by atoms with van der Waals surface area (Å²) in [7, 11) is 3.45. The van der Waals surface area contributed by atoms with Crippen molar-refractivity contribution >= 4 is 12.0 Å². The van der Waals surface area contributed by atoms with Gasteiger partial charge in [0.2, 0.25) is 0 Å². The van der Waals surface area contributed by atoms with Crippen molar-refractivity contribution in [2.45, 2.75) is 12.8 Å². The molecule has 1 aliphatic heterocycles. The fourth-order valence-corrected chi connectivity index (χ4v) is 1.98. The van der Waals surface area contributed by atoms with E-state index in [2.05, 4.69) is 6.58 Å². The third-order valence-corrected chi connectivity index (χ3v) is 3.04. The van der Waals surface area contributed by atoms with Gasteiger partial charge in [-0.05, 0) is 12.8 Å². The molecule has 0 bridgehead atoms. The SMILES string of the molecule is C=COCCOC(=O)C1CCN(C(=O)N(C)C)CC1. The van der Waals surface area contributed by atoms with Gasteiger partial charge in [-0.25, -0.2) is 4.79 Å². The first-order chi connectivity index (χ1) is 9.06. The van der Waals surface area contributed by atoms with Crippen LogP contribution in [0.2, 0.25) is 0 Å². The van der Waals surface area contributed by atoms with Gasteiger partial charge >= 0.3 is 12.0 Å². The van der Waals surface area contributed by atoms with Crippen molar-refractivity contribution < 1.29 is 19.1 Å². The molecule has 0 aromatic heterocycles. The Labute approximate surface area is 113 Å². The number of piperidine rings is 1. The molecule has 0 saturated carbocycles. The monoisotopic (exact) mass is 270 g/mol. The minimum atomic E-state index is -0.204. The first-order valence-corrected chi connectivity index (χ1v) is 6.41. The van der Waals surface area contributed by atoms with Gasteiger partial charge in [0.05, 0.1) is 12.2 Å². The van der Waals surface area contributed by atoms with E-state index in [4.69, 9.17) is 9.47 Å². The Kier molecular flexibility index (Phi) is 6.18. The van der Waals surface area contributed by atoms with Gasteiger partial charge in [0.15, 0.2) is 0 Å². The number of hydrogen-bond donors (Lipinski definition) is 0. The third kappa shape index (κ3) is 4.81. The van der Waals surface area contributed by atoms with Crippen molar-refractivity contribution in [1.29, 1.82) is 0 Å². The number of urea groups is 1. The lowest BCUT2D eigenvalue weighted by molar-refractivity contribution is -0.151. The van der Waals surface area contributed by atoms with Crippen molar-refractivity contribution in [1.82, 2.24) is 9.80 Å². The van der Waals surface area contributed by atoms with Gasteiger partial charge in [-0.3, -0.25) is 4.79 Å². The Hall–Kier alpha value is -1.72. The van der Waals surface area contributed by atoms with Crippen LogP contribution in [0.25, 0.3) is 0 Å². The van der Waals surface area contributed by atoms with Crippen LogP contribution < -0.4 is 0 Å². The van der Waals surface area contributed by atoms with Gasteiger partial charge in [-0.15, -0.1) is 0 Å². The first-order valence-electron chi connectivity index (χ1n) is 6.41. The van der Waals surface area contributed by atoms with E-state index in [1.165, 1.54) is 6.26 Å². The largest absolute Gasteiger partial charge is 0.498 e. The standard InChI is InChI=1S/C13H22N2O4/c1-4-18-9-10-19-12(16)11-5-7-15(8-6-11)13(17)14(2)3/h4,11H,1,5-10H2,2-3H3. The van der Waals surface area contributed by atoms with E-state index in [1.54, 1.807) is 23.9 Å². The summed E-state index contributed by atoms with van der Waals surface area (Å²) >= 11 is 0. The van der Waals surface area contributed by atoms with Crippen LogP contribution >= 0.6 is 0 Å². The van der Waals surface area contributed by atoms with Crippen LogP contribution in [-0.4, -0.2) is 62.2 Å². The van der Waals surface area contributed by atoms with E-state index >= 15 is 0 Å². The van der Waals surface area contributed by atoms with E-state index in [1.807, 2.05) is 0 Å². The molecule has 2 amide bonds. The van der Waals surface area contributed by atoms with E-state index < -0.39 is 0 Å². The van der Waals surface area contributed by atoms with Crippen LogP contribution in [0, 0.1) is 5.92 Å². The van der Waals surface area contributed by atoms with Gasteiger partial charge in [0.25, 0.3) is 0 Å². The van der Waals surface area contributed by atoms with Crippen molar-refractivity contribution in [3.05, 3.63) is 12.8 Å². The van der Waals surface area contributed by atoms with Crippen LogP contribution in [0.3, 0.4) is 0 Å². The summed E-state index contributed by atoms with van der Waals surface area (Å²) in [5.41, 5.74) is 0. The fraction of sp³-hybridized carbons (Fsp3) is 0.692. The summed E-state index contributed by atoms with van der Waals surface area (Å²) in [6.07, 6.45) is 2.63. The first kappa shape index (κ1) is 15.3. The molecule has 6 nitrogen and oxygen atoms in total. The summed E-state index contributed by atoms with van der Waals surface area (Å²) in [4.78, 5) is 26.8. The van der Waals surface area contributed by atoms with Gasteiger partial charge < -0.3 is 19.3 Å². The van der Waals surface area contributed by atoms with Gasteiger partial charge in [0, 0.05) is 27.2 Å². The Bertz CT molecular complexity index is 323. The van der Waals surface area contributed by atoms with Crippen molar-refractivity contribution in [3.63, 3.8) is 0 Å². The molecule has 0 atom stereocenters. The highest BCUT2D eigenvalue weighted by Crippen LogP contribution is 2.19. The molecule has 1 aliphatic rings. The molecule has 0 spiro atoms. The number of likely N-dealkylation sites (tertiary alicyclic amines) is 1. The zero-order valence-electron chi connectivity index (χ0n) is 11.6. The molecular weight excluding hydrogens is 248 g/mol. The van der Waals surface area contributed by atoms with Crippen LogP contribution in [0.1, 0.15) is 12.8 Å². The number of esters is 1. The number of ether oxygens (including phenoxy) is 2. The van der Waals surface area contributed by atoms with E-state index in [0.29, 0.717) is 32.5 Å². The average Bonchev–Trinajstić information content (AvgIpc) is 2.42. The maximum absolute atomic E-state index is 11.8. The molecule has 108 valence electrons. The molecule has 1 heterocycles. The Morgan fingerprint density at radius 2 is 1.95 bits per heavy atom. The number of nitrogens with zero attached hydrogens (tertiary/aromatic N) is 2. The molecule has 1 fully saturated rings. The molecule has 0 aromatic carbocycles. The van der Waals surface area contributed by atoms with Crippen LogP contribution in [0.5, 0.6) is 0 Å². The van der Waals surface area contributed by atoms with Crippen molar-refractivity contribution in [3.8, 4) is 0 Å². The second kappa shape index (κ2) is 7.66. The van der Waals surface area contributed by atoms with Gasteiger partial charge in [0.1, 0.15) is 13.2 Å². The highest BCUT2D eigenvalue weighted by atomic mass is 16.6.